The van der Waals surface area contributed by atoms with Crippen LogP contribution in [0.4, 0.5) is 0 Å². The quantitative estimate of drug-likeness (QED) is 0.858. The van der Waals surface area contributed by atoms with E-state index in [0.717, 1.165) is 0 Å². The molecule has 2 N–H and O–H groups in total. The summed E-state index contributed by atoms with van der Waals surface area (Å²) in [5.41, 5.74) is 0.379. The molecule has 20 heavy (non-hydrogen) atoms. The van der Waals surface area contributed by atoms with Gasteiger partial charge in [0, 0.05) is 12.0 Å². The monoisotopic (exact) mass is 296 g/mol. The number of hydrogen-bond acceptors (Lipinski definition) is 3. The van der Waals surface area contributed by atoms with E-state index >= 15 is 0 Å². The van der Waals surface area contributed by atoms with Gasteiger partial charge < -0.3 is 15.4 Å². The van der Waals surface area contributed by atoms with Crippen molar-refractivity contribution >= 4 is 23.4 Å². The summed E-state index contributed by atoms with van der Waals surface area (Å²) in [7, 11) is 0. The molecule has 0 atom stereocenters. The zero-order valence-corrected chi connectivity index (χ0v) is 12.0. The normalized spacial score (nSPS) is 16.1. The van der Waals surface area contributed by atoms with Crippen LogP contribution in [-0.4, -0.2) is 38.1 Å². The number of amides is 2. The molecule has 108 valence electrons. The van der Waals surface area contributed by atoms with E-state index in [1.54, 1.807) is 24.3 Å². The van der Waals surface area contributed by atoms with Crippen molar-refractivity contribution in [1.82, 2.24) is 10.6 Å². The highest BCUT2D eigenvalue weighted by molar-refractivity contribution is 6.33. The van der Waals surface area contributed by atoms with E-state index in [1.165, 1.54) is 0 Å². The Morgan fingerprint density at radius 3 is 2.60 bits per heavy atom. The predicted molar refractivity (Wildman–Crippen MR) is 75.7 cm³/mol. The van der Waals surface area contributed by atoms with Crippen LogP contribution in [0.15, 0.2) is 24.3 Å². The summed E-state index contributed by atoms with van der Waals surface area (Å²) >= 11 is 5.91. The molecular formula is C14H17ClN2O3. The van der Waals surface area contributed by atoms with Gasteiger partial charge in [-0.2, -0.15) is 0 Å². The third-order valence-corrected chi connectivity index (χ3v) is 3.47. The van der Waals surface area contributed by atoms with Crippen molar-refractivity contribution in [3.63, 3.8) is 0 Å². The van der Waals surface area contributed by atoms with Crippen LogP contribution in [0.1, 0.15) is 17.3 Å². The molecule has 1 heterocycles. The van der Waals surface area contributed by atoms with Gasteiger partial charge in [-0.3, -0.25) is 9.59 Å². The third-order valence-electron chi connectivity index (χ3n) is 3.14. The van der Waals surface area contributed by atoms with Crippen LogP contribution in [0.3, 0.4) is 0 Å². The van der Waals surface area contributed by atoms with Crippen LogP contribution < -0.4 is 10.6 Å². The fourth-order valence-electron chi connectivity index (χ4n) is 1.83. The molecular weight excluding hydrogens is 280 g/mol. The zero-order valence-electron chi connectivity index (χ0n) is 11.2. The molecule has 1 saturated heterocycles. The van der Waals surface area contributed by atoms with E-state index in [0.29, 0.717) is 30.3 Å². The molecule has 2 rings (SSSR count). The maximum atomic E-state index is 11.8. The Morgan fingerprint density at radius 1 is 1.30 bits per heavy atom. The van der Waals surface area contributed by atoms with Crippen molar-refractivity contribution in [2.75, 3.05) is 26.3 Å². The summed E-state index contributed by atoms with van der Waals surface area (Å²) in [6.07, 6.45) is 0. The molecule has 1 fully saturated rings. The molecule has 2 amide bonds. The highest BCUT2D eigenvalue weighted by Gasteiger charge is 2.33. The maximum Gasteiger partial charge on any atom is 0.253 e. The number of carbonyl (C=O) groups is 2. The van der Waals surface area contributed by atoms with Crippen LogP contribution in [0.5, 0.6) is 0 Å². The van der Waals surface area contributed by atoms with Crippen molar-refractivity contribution in [2.24, 2.45) is 5.41 Å². The van der Waals surface area contributed by atoms with Gasteiger partial charge >= 0.3 is 0 Å². The van der Waals surface area contributed by atoms with Crippen molar-refractivity contribution in [3.8, 4) is 0 Å². The minimum atomic E-state index is -0.357. The van der Waals surface area contributed by atoms with Gasteiger partial charge in [-0.15, -0.1) is 0 Å². The van der Waals surface area contributed by atoms with Gasteiger partial charge in [0.25, 0.3) is 5.91 Å². The second-order valence-electron chi connectivity index (χ2n) is 5.24. The van der Waals surface area contributed by atoms with E-state index in [-0.39, 0.29) is 23.8 Å². The summed E-state index contributed by atoms with van der Waals surface area (Å²) in [5, 5.41) is 5.69. The molecule has 0 aliphatic carbocycles. The Hall–Kier alpha value is -1.59. The molecule has 6 heteroatoms. The number of rotatable bonds is 5. The van der Waals surface area contributed by atoms with E-state index in [4.69, 9.17) is 16.3 Å². The molecule has 1 aliphatic rings. The van der Waals surface area contributed by atoms with Gasteiger partial charge in [0.1, 0.15) is 0 Å². The standard InChI is InChI=1S/C14H17ClN2O3/c1-14(8-20-9-14)7-17-12(18)6-16-13(19)10-4-2-3-5-11(10)15/h2-5H,6-9H2,1H3,(H,16,19)(H,17,18). The first kappa shape index (κ1) is 14.8. The average molecular weight is 297 g/mol. The Morgan fingerprint density at radius 2 is 2.00 bits per heavy atom. The molecule has 0 saturated carbocycles. The highest BCUT2D eigenvalue weighted by Crippen LogP contribution is 2.24. The van der Waals surface area contributed by atoms with Crippen molar-refractivity contribution < 1.29 is 14.3 Å². The first-order valence-corrected chi connectivity index (χ1v) is 6.75. The van der Waals surface area contributed by atoms with Gasteiger partial charge in [-0.05, 0) is 12.1 Å². The molecule has 0 unspecified atom stereocenters. The summed E-state index contributed by atoms with van der Waals surface area (Å²) in [5.74, 6) is -0.581. The minimum absolute atomic E-state index is 0.0163. The Labute approximate surface area is 122 Å². The lowest BCUT2D eigenvalue weighted by molar-refractivity contribution is -0.125. The number of carbonyl (C=O) groups excluding carboxylic acids is 2. The lowest BCUT2D eigenvalue weighted by Gasteiger charge is -2.38. The number of nitrogens with one attached hydrogen (secondary N) is 2. The number of halogens is 1. The molecule has 1 aromatic carbocycles. The Bertz CT molecular complexity index is 515. The zero-order chi connectivity index (χ0) is 14.6. The van der Waals surface area contributed by atoms with Crippen LogP contribution in [0.25, 0.3) is 0 Å². The van der Waals surface area contributed by atoms with Gasteiger partial charge in [0.15, 0.2) is 0 Å². The molecule has 0 bridgehead atoms. The summed E-state index contributed by atoms with van der Waals surface area (Å²) in [6.45, 7) is 3.83. The molecule has 1 aliphatic heterocycles. The topological polar surface area (TPSA) is 67.4 Å². The fourth-order valence-corrected chi connectivity index (χ4v) is 2.05. The van der Waals surface area contributed by atoms with Crippen molar-refractivity contribution in [1.29, 1.82) is 0 Å². The number of ether oxygens (including phenoxy) is 1. The molecule has 0 spiro atoms. The maximum absolute atomic E-state index is 11.8. The van der Waals surface area contributed by atoms with Crippen LogP contribution in [0.2, 0.25) is 5.02 Å². The van der Waals surface area contributed by atoms with Crippen LogP contribution in [0, 0.1) is 5.41 Å². The number of hydrogen-bond donors (Lipinski definition) is 2. The van der Waals surface area contributed by atoms with Crippen molar-refractivity contribution in [3.05, 3.63) is 34.9 Å². The molecule has 1 aromatic rings. The van der Waals surface area contributed by atoms with E-state index in [9.17, 15) is 9.59 Å². The lowest BCUT2D eigenvalue weighted by atomic mass is 9.89. The van der Waals surface area contributed by atoms with Gasteiger partial charge in [-0.25, -0.2) is 0 Å². The van der Waals surface area contributed by atoms with E-state index < -0.39 is 0 Å². The second kappa shape index (κ2) is 6.24. The largest absolute Gasteiger partial charge is 0.380 e. The molecule has 5 nitrogen and oxygen atoms in total. The highest BCUT2D eigenvalue weighted by atomic mass is 35.5. The fraction of sp³-hybridized carbons (Fsp3) is 0.429. The van der Waals surface area contributed by atoms with Gasteiger partial charge in [0.05, 0.1) is 30.3 Å². The third kappa shape index (κ3) is 3.71. The van der Waals surface area contributed by atoms with Gasteiger partial charge in [-0.1, -0.05) is 30.7 Å². The SMILES string of the molecule is CC1(CNC(=O)CNC(=O)c2ccccc2Cl)COC1. The predicted octanol–water partition coefficient (Wildman–Crippen LogP) is 1.22. The summed E-state index contributed by atoms with van der Waals surface area (Å²) in [4.78, 5) is 23.5. The Balaban J connectivity index is 1.76. The van der Waals surface area contributed by atoms with Crippen molar-refractivity contribution in [2.45, 2.75) is 6.92 Å². The second-order valence-corrected chi connectivity index (χ2v) is 5.65. The summed E-state index contributed by atoms with van der Waals surface area (Å²) in [6, 6.07) is 6.71. The first-order valence-electron chi connectivity index (χ1n) is 6.37. The first-order chi connectivity index (χ1) is 9.50. The number of benzene rings is 1. The van der Waals surface area contributed by atoms with Crippen LogP contribution >= 0.6 is 11.6 Å². The smallest absolute Gasteiger partial charge is 0.253 e. The van der Waals surface area contributed by atoms with Crippen LogP contribution in [-0.2, 0) is 9.53 Å². The summed E-state index contributed by atoms with van der Waals surface area (Å²) < 4.78 is 5.10. The molecule has 0 radical (unpaired) electrons. The van der Waals surface area contributed by atoms with Gasteiger partial charge in [0.2, 0.25) is 5.91 Å². The minimum Gasteiger partial charge on any atom is -0.380 e. The van der Waals surface area contributed by atoms with E-state index in [2.05, 4.69) is 10.6 Å². The lowest BCUT2D eigenvalue weighted by Crippen LogP contribution is -2.50. The van der Waals surface area contributed by atoms with E-state index in [1.807, 2.05) is 6.92 Å². The average Bonchev–Trinajstić information content (AvgIpc) is 2.41. The molecule has 0 aromatic heterocycles. The Kier molecular flexibility index (Phi) is 4.62.